The van der Waals surface area contributed by atoms with Crippen LogP contribution in [0.25, 0.3) is 56.1 Å². The van der Waals surface area contributed by atoms with Crippen LogP contribution < -0.4 is 15.4 Å². The average Bonchev–Trinajstić information content (AvgIpc) is 3.69. The number of nitrogens with one attached hydrogen (secondary N) is 3. The molecule has 7 rings (SSSR count). The first kappa shape index (κ1) is 30.6. The summed E-state index contributed by atoms with van der Waals surface area (Å²) in [5.41, 5.74) is 4.18. The van der Waals surface area contributed by atoms with Gasteiger partial charge in [0, 0.05) is 41.4 Å². The van der Waals surface area contributed by atoms with Gasteiger partial charge in [0.1, 0.15) is 17.2 Å². The Labute approximate surface area is 270 Å². The minimum Gasteiger partial charge on any atom is -0.455 e. The monoisotopic (exact) mass is 653 g/mol. The van der Waals surface area contributed by atoms with E-state index in [0.29, 0.717) is 68.4 Å². The van der Waals surface area contributed by atoms with Crippen molar-refractivity contribution < 1.29 is 26.4 Å². The summed E-state index contributed by atoms with van der Waals surface area (Å²) in [6.07, 6.45) is 4.06. The highest BCUT2D eigenvalue weighted by atomic mass is 32.2. The van der Waals surface area contributed by atoms with Gasteiger partial charge in [-0.25, -0.2) is 17.8 Å². The number of rotatable bonds is 9. The first-order valence-electron chi connectivity index (χ1n) is 15.4. The van der Waals surface area contributed by atoms with Crippen LogP contribution in [0.15, 0.2) is 87.8 Å². The van der Waals surface area contributed by atoms with Crippen LogP contribution in [-0.2, 0) is 10.0 Å². The predicted octanol–water partition coefficient (Wildman–Crippen LogP) is 6.60. The van der Waals surface area contributed by atoms with E-state index in [1.54, 1.807) is 30.5 Å². The van der Waals surface area contributed by atoms with Gasteiger partial charge < -0.3 is 19.5 Å². The van der Waals surface area contributed by atoms with Gasteiger partial charge in [-0.3, -0.25) is 9.52 Å². The van der Waals surface area contributed by atoms with Gasteiger partial charge in [0.2, 0.25) is 15.9 Å². The van der Waals surface area contributed by atoms with Crippen LogP contribution in [0.1, 0.15) is 29.6 Å². The number of benzene rings is 3. The molecule has 1 aliphatic rings. The molecule has 1 aliphatic heterocycles. The SMILES string of the molecule is CNC(=O)c1c(-c2ccc(F)cc2)oc2cc(NS(=O)(=O)CCC3CCNCC3)c(-c3cccc(-c4nc5ncccc5o4)c3)cc12. The standard InChI is InChI=1S/C35H32FN5O5S/c1-37-34(42)31-27-19-26(23-4-2-5-24(18-23)35-40-33-29(46-35)6-3-14-39-33)28(41-47(43,44)17-13-21-11-15-38-16-12-21)20-30(27)45-32(31)22-7-9-25(36)10-8-22/h2-10,14,18-21,38,41H,11-13,15-17H2,1H3,(H,37,42). The number of nitrogens with zero attached hydrogens (tertiary/aromatic N) is 2. The van der Waals surface area contributed by atoms with Crippen LogP contribution in [0.4, 0.5) is 10.1 Å². The van der Waals surface area contributed by atoms with E-state index >= 15 is 0 Å². The van der Waals surface area contributed by atoms with E-state index in [0.717, 1.165) is 25.9 Å². The van der Waals surface area contributed by atoms with Crippen molar-refractivity contribution in [3.63, 3.8) is 0 Å². The zero-order valence-corrected chi connectivity index (χ0v) is 26.4. The zero-order valence-electron chi connectivity index (χ0n) is 25.5. The normalized spacial score (nSPS) is 14.1. The van der Waals surface area contributed by atoms with E-state index < -0.39 is 21.7 Å². The fourth-order valence-electron chi connectivity index (χ4n) is 6.04. The Hall–Kier alpha value is -5.07. The van der Waals surface area contributed by atoms with Gasteiger partial charge in [-0.05, 0) is 98.4 Å². The first-order chi connectivity index (χ1) is 22.8. The number of hydrogen-bond donors (Lipinski definition) is 3. The lowest BCUT2D eigenvalue weighted by molar-refractivity contribution is 0.0964. The molecular formula is C35H32FN5O5S. The molecule has 3 aromatic heterocycles. The van der Waals surface area contributed by atoms with Gasteiger partial charge in [0.15, 0.2) is 11.2 Å². The van der Waals surface area contributed by atoms with Crippen LogP contribution >= 0.6 is 0 Å². The Morgan fingerprint density at radius 3 is 2.51 bits per heavy atom. The lowest BCUT2D eigenvalue weighted by Crippen LogP contribution is -2.29. The Morgan fingerprint density at radius 1 is 0.957 bits per heavy atom. The van der Waals surface area contributed by atoms with Gasteiger partial charge in [0.25, 0.3) is 5.91 Å². The fourth-order valence-corrected chi connectivity index (χ4v) is 7.29. The number of piperidine rings is 1. The fraction of sp³-hybridized carbons (Fsp3) is 0.229. The summed E-state index contributed by atoms with van der Waals surface area (Å²) in [5, 5.41) is 6.45. The molecular weight excluding hydrogens is 621 g/mol. The Balaban J connectivity index is 1.36. The molecule has 0 unspecified atom stereocenters. The van der Waals surface area contributed by atoms with Gasteiger partial charge in [-0.1, -0.05) is 12.1 Å². The van der Waals surface area contributed by atoms with Crippen molar-refractivity contribution in [2.75, 3.05) is 30.6 Å². The molecule has 1 saturated heterocycles. The molecule has 0 spiro atoms. The van der Waals surface area contributed by atoms with E-state index in [1.807, 2.05) is 24.3 Å². The first-order valence-corrected chi connectivity index (χ1v) is 17.1. The van der Waals surface area contributed by atoms with Crippen molar-refractivity contribution in [2.24, 2.45) is 5.92 Å². The minimum atomic E-state index is -3.77. The predicted molar refractivity (Wildman–Crippen MR) is 179 cm³/mol. The molecule has 4 heterocycles. The molecule has 1 fully saturated rings. The highest BCUT2D eigenvalue weighted by Gasteiger charge is 2.26. The van der Waals surface area contributed by atoms with Crippen molar-refractivity contribution in [1.82, 2.24) is 20.6 Å². The number of furan rings is 1. The number of oxazole rings is 1. The lowest BCUT2D eigenvalue weighted by Gasteiger charge is -2.22. The smallest absolute Gasteiger partial charge is 0.255 e. The van der Waals surface area contributed by atoms with Crippen LogP contribution in [-0.4, -0.2) is 50.2 Å². The van der Waals surface area contributed by atoms with Crippen LogP contribution in [0.2, 0.25) is 0 Å². The number of pyridine rings is 1. The number of aromatic nitrogens is 2. The third kappa shape index (κ3) is 6.34. The second-order valence-electron chi connectivity index (χ2n) is 11.6. The molecule has 1 amide bonds. The zero-order chi connectivity index (χ0) is 32.5. The Morgan fingerprint density at radius 2 is 1.74 bits per heavy atom. The van der Waals surface area contributed by atoms with Crippen molar-refractivity contribution in [2.45, 2.75) is 19.3 Å². The topological polar surface area (TPSA) is 139 Å². The minimum absolute atomic E-state index is 0.0342. The number of halogens is 1. The van der Waals surface area contributed by atoms with Gasteiger partial charge >= 0.3 is 0 Å². The quantitative estimate of drug-likeness (QED) is 0.159. The number of hydrogen-bond acceptors (Lipinski definition) is 8. The maximum Gasteiger partial charge on any atom is 0.255 e. The molecule has 0 bridgehead atoms. The number of carbonyl (C=O) groups is 1. The summed E-state index contributed by atoms with van der Waals surface area (Å²) in [5.74, 6) is 0.0629. The van der Waals surface area contributed by atoms with Crippen molar-refractivity contribution in [3.8, 4) is 33.9 Å². The maximum absolute atomic E-state index is 13.8. The highest BCUT2D eigenvalue weighted by Crippen LogP contribution is 2.41. The maximum atomic E-state index is 13.8. The second-order valence-corrected chi connectivity index (χ2v) is 13.5. The van der Waals surface area contributed by atoms with E-state index in [2.05, 4.69) is 25.3 Å². The molecule has 3 aromatic carbocycles. The van der Waals surface area contributed by atoms with Crippen molar-refractivity contribution in [3.05, 3.63) is 90.4 Å². The average molecular weight is 654 g/mol. The summed E-state index contributed by atoms with van der Waals surface area (Å²) in [6, 6.07) is 19.9. The van der Waals surface area contributed by atoms with Crippen LogP contribution in [0, 0.1) is 11.7 Å². The molecule has 3 N–H and O–H groups in total. The molecule has 0 aliphatic carbocycles. The molecule has 0 atom stereocenters. The lowest BCUT2D eigenvalue weighted by atomic mass is 9.96. The number of fused-ring (bicyclic) bond motifs is 2. The molecule has 240 valence electrons. The Bertz CT molecular complexity index is 2170. The second kappa shape index (κ2) is 12.6. The summed E-state index contributed by atoms with van der Waals surface area (Å²) in [6.45, 7) is 1.77. The summed E-state index contributed by atoms with van der Waals surface area (Å²) >= 11 is 0. The molecule has 0 saturated carbocycles. The molecule has 6 aromatic rings. The number of anilines is 1. The van der Waals surface area contributed by atoms with Crippen molar-refractivity contribution >= 4 is 43.8 Å². The number of amides is 1. The van der Waals surface area contributed by atoms with E-state index in [1.165, 1.54) is 31.3 Å². The van der Waals surface area contributed by atoms with Crippen LogP contribution in [0.5, 0.6) is 0 Å². The number of sulfonamides is 1. The molecule has 10 nitrogen and oxygen atoms in total. The Kier molecular flexibility index (Phi) is 8.21. The summed E-state index contributed by atoms with van der Waals surface area (Å²) in [7, 11) is -2.25. The van der Waals surface area contributed by atoms with E-state index in [-0.39, 0.29) is 17.1 Å². The van der Waals surface area contributed by atoms with Crippen LogP contribution in [0.3, 0.4) is 0 Å². The summed E-state index contributed by atoms with van der Waals surface area (Å²) in [4.78, 5) is 22.1. The summed E-state index contributed by atoms with van der Waals surface area (Å²) < 4.78 is 55.9. The van der Waals surface area contributed by atoms with Gasteiger partial charge in [0.05, 0.1) is 17.0 Å². The molecule has 12 heteroatoms. The molecule has 47 heavy (non-hydrogen) atoms. The third-order valence-electron chi connectivity index (χ3n) is 8.49. The van der Waals surface area contributed by atoms with E-state index in [9.17, 15) is 17.6 Å². The highest BCUT2D eigenvalue weighted by molar-refractivity contribution is 7.92. The largest absolute Gasteiger partial charge is 0.455 e. The van der Waals surface area contributed by atoms with Gasteiger partial charge in [-0.2, -0.15) is 4.98 Å². The van der Waals surface area contributed by atoms with Gasteiger partial charge in [-0.15, -0.1) is 0 Å². The third-order valence-corrected chi connectivity index (χ3v) is 9.80. The van der Waals surface area contributed by atoms with E-state index in [4.69, 9.17) is 8.83 Å². The molecule has 0 radical (unpaired) electrons. The number of carbonyl (C=O) groups excluding carboxylic acids is 1. The van der Waals surface area contributed by atoms with Crippen molar-refractivity contribution in [1.29, 1.82) is 0 Å².